The minimum absolute atomic E-state index is 0.229. The molecule has 9 atom stereocenters. The Balaban J connectivity index is 1.53. The van der Waals surface area contributed by atoms with E-state index in [1.54, 1.807) is 0 Å². The van der Waals surface area contributed by atoms with Gasteiger partial charge < -0.3 is 9.84 Å². The third kappa shape index (κ3) is 1.57. The number of aliphatic hydroxyl groups excluding tert-OH is 1. The van der Waals surface area contributed by atoms with Crippen LogP contribution in [0.15, 0.2) is 0 Å². The summed E-state index contributed by atoms with van der Waals surface area (Å²) in [5.41, 5.74) is -0.00989. The first kappa shape index (κ1) is 14.0. The van der Waals surface area contributed by atoms with E-state index in [4.69, 9.17) is 4.74 Å². The van der Waals surface area contributed by atoms with Crippen LogP contribution >= 0.6 is 0 Å². The van der Waals surface area contributed by atoms with Crippen LogP contribution in [0.2, 0.25) is 0 Å². The molecule has 1 aliphatic heterocycles. The summed E-state index contributed by atoms with van der Waals surface area (Å²) in [6.45, 7) is 4.57. The van der Waals surface area contributed by atoms with Crippen molar-refractivity contribution in [3.05, 3.63) is 0 Å². The van der Waals surface area contributed by atoms with Crippen LogP contribution in [0.25, 0.3) is 0 Å². The highest BCUT2D eigenvalue weighted by Crippen LogP contribution is 2.67. The van der Waals surface area contributed by atoms with E-state index in [0.29, 0.717) is 48.1 Å². The number of ether oxygens (including phenoxy) is 1. The maximum absolute atomic E-state index is 12.4. The number of Topliss-reactive ketones (excluding diaryl/α,β-unsaturated/α-hetero) is 1. The van der Waals surface area contributed by atoms with E-state index in [1.807, 2.05) is 0 Å². The Bertz CT molecular complexity index is 531. The molecular formula is C19H28O3. The van der Waals surface area contributed by atoms with Gasteiger partial charge in [-0.15, -0.1) is 0 Å². The first-order valence-electron chi connectivity index (χ1n) is 9.30. The van der Waals surface area contributed by atoms with Crippen molar-refractivity contribution in [1.82, 2.24) is 0 Å². The SMILES string of the molecule is C[C@]12C[C@H]3O[C@H]3C[C@@H]1CC[C@@H]1[C@@H]2C(O)C[C@]2(C)C(=O)CC[C@@H]12. The second kappa shape index (κ2) is 4.16. The highest BCUT2D eigenvalue weighted by molar-refractivity contribution is 5.87. The number of hydrogen-bond acceptors (Lipinski definition) is 3. The number of rotatable bonds is 0. The topological polar surface area (TPSA) is 49.8 Å². The maximum atomic E-state index is 12.4. The van der Waals surface area contributed by atoms with Crippen LogP contribution in [-0.2, 0) is 9.53 Å². The zero-order chi connectivity index (χ0) is 15.3. The average molecular weight is 304 g/mol. The molecule has 0 amide bonds. The minimum Gasteiger partial charge on any atom is -0.393 e. The molecule has 0 bridgehead atoms. The number of carbonyl (C=O) groups excluding carboxylic acids is 1. The zero-order valence-electron chi connectivity index (χ0n) is 13.8. The van der Waals surface area contributed by atoms with Crippen molar-refractivity contribution in [2.75, 3.05) is 0 Å². The number of aliphatic hydroxyl groups is 1. The summed E-state index contributed by atoms with van der Waals surface area (Å²) in [5, 5.41) is 11.0. The fourth-order valence-corrected chi connectivity index (χ4v) is 7.42. The van der Waals surface area contributed by atoms with E-state index < -0.39 is 0 Å². The lowest BCUT2D eigenvalue weighted by molar-refractivity contribution is -0.166. The van der Waals surface area contributed by atoms with E-state index in [9.17, 15) is 9.90 Å². The van der Waals surface area contributed by atoms with Crippen LogP contribution in [-0.4, -0.2) is 29.2 Å². The van der Waals surface area contributed by atoms with Crippen molar-refractivity contribution in [2.24, 2.45) is 34.5 Å². The number of epoxide rings is 1. The lowest BCUT2D eigenvalue weighted by Gasteiger charge is -2.60. The second-order valence-corrected chi connectivity index (χ2v) is 9.38. The van der Waals surface area contributed by atoms with Gasteiger partial charge in [-0.1, -0.05) is 13.8 Å². The smallest absolute Gasteiger partial charge is 0.139 e. The molecule has 0 aromatic carbocycles. The Morgan fingerprint density at radius 3 is 2.77 bits per heavy atom. The molecule has 0 aromatic heterocycles. The summed E-state index contributed by atoms with van der Waals surface area (Å²) < 4.78 is 5.84. The molecule has 5 aliphatic rings. The van der Waals surface area contributed by atoms with Crippen molar-refractivity contribution < 1.29 is 14.6 Å². The van der Waals surface area contributed by atoms with Crippen LogP contribution in [0.1, 0.15) is 58.8 Å². The third-order valence-corrected chi connectivity index (χ3v) is 8.55. The maximum Gasteiger partial charge on any atom is 0.139 e. The van der Waals surface area contributed by atoms with Gasteiger partial charge in [-0.05, 0) is 67.6 Å². The molecule has 3 heteroatoms. The van der Waals surface area contributed by atoms with Gasteiger partial charge in [-0.2, -0.15) is 0 Å². The summed E-state index contributed by atoms with van der Waals surface area (Å²) >= 11 is 0. The van der Waals surface area contributed by atoms with E-state index in [-0.39, 0.29) is 16.9 Å². The highest BCUT2D eigenvalue weighted by atomic mass is 16.6. The lowest BCUT2D eigenvalue weighted by atomic mass is 9.44. The molecule has 1 heterocycles. The molecule has 1 unspecified atom stereocenters. The number of fused-ring (bicyclic) bond motifs is 6. The number of carbonyl (C=O) groups is 1. The molecule has 122 valence electrons. The van der Waals surface area contributed by atoms with Gasteiger partial charge in [-0.3, -0.25) is 4.79 Å². The van der Waals surface area contributed by atoms with Gasteiger partial charge in [0.15, 0.2) is 0 Å². The molecule has 1 saturated heterocycles. The molecule has 5 rings (SSSR count). The Morgan fingerprint density at radius 2 is 1.95 bits per heavy atom. The van der Waals surface area contributed by atoms with Gasteiger partial charge in [-0.25, -0.2) is 0 Å². The van der Waals surface area contributed by atoms with E-state index in [1.165, 1.54) is 19.3 Å². The molecule has 0 aromatic rings. The van der Waals surface area contributed by atoms with Gasteiger partial charge in [0.2, 0.25) is 0 Å². The van der Waals surface area contributed by atoms with Gasteiger partial charge in [0.05, 0.1) is 18.3 Å². The predicted molar refractivity (Wildman–Crippen MR) is 82.2 cm³/mol. The summed E-state index contributed by atoms with van der Waals surface area (Å²) in [6.07, 6.45) is 8.03. The molecule has 22 heavy (non-hydrogen) atoms. The van der Waals surface area contributed by atoms with Crippen LogP contribution in [0, 0.1) is 34.5 Å². The quantitative estimate of drug-likeness (QED) is 0.700. The Kier molecular flexibility index (Phi) is 2.64. The van der Waals surface area contributed by atoms with E-state index in [2.05, 4.69) is 13.8 Å². The van der Waals surface area contributed by atoms with Crippen LogP contribution in [0.5, 0.6) is 0 Å². The van der Waals surface area contributed by atoms with Gasteiger partial charge in [0, 0.05) is 11.8 Å². The monoisotopic (exact) mass is 304 g/mol. The van der Waals surface area contributed by atoms with Crippen molar-refractivity contribution in [3.63, 3.8) is 0 Å². The fourth-order valence-electron chi connectivity index (χ4n) is 7.42. The second-order valence-electron chi connectivity index (χ2n) is 9.38. The van der Waals surface area contributed by atoms with Gasteiger partial charge >= 0.3 is 0 Å². The molecule has 4 saturated carbocycles. The largest absolute Gasteiger partial charge is 0.393 e. The molecule has 5 fully saturated rings. The van der Waals surface area contributed by atoms with E-state index >= 15 is 0 Å². The molecule has 3 nitrogen and oxygen atoms in total. The summed E-state index contributed by atoms with van der Waals surface area (Å²) in [7, 11) is 0. The lowest BCUT2D eigenvalue weighted by Crippen LogP contribution is -2.59. The number of hydrogen-bond donors (Lipinski definition) is 1. The molecule has 1 N–H and O–H groups in total. The molecule has 4 aliphatic carbocycles. The summed E-state index contributed by atoms with van der Waals surface area (Å²) in [4.78, 5) is 12.4. The van der Waals surface area contributed by atoms with Crippen LogP contribution in [0.3, 0.4) is 0 Å². The van der Waals surface area contributed by atoms with Crippen molar-refractivity contribution in [2.45, 2.75) is 77.1 Å². The van der Waals surface area contributed by atoms with Gasteiger partial charge in [0.25, 0.3) is 0 Å². The van der Waals surface area contributed by atoms with Crippen LogP contribution < -0.4 is 0 Å². The van der Waals surface area contributed by atoms with Crippen molar-refractivity contribution >= 4 is 5.78 Å². The highest BCUT2D eigenvalue weighted by Gasteiger charge is 2.65. The zero-order valence-corrected chi connectivity index (χ0v) is 13.8. The van der Waals surface area contributed by atoms with Crippen molar-refractivity contribution in [1.29, 1.82) is 0 Å². The van der Waals surface area contributed by atoms with E-state index in [0.717, 1.165) is 19.3 Å². The Hall–Kier alpha value is -0.410. The first-order chi connectivity index (χ1) is 10.4. The van der Waals surface area contributed by atoms with Gasteiger partial charge in [0.1, 0.15) is 5.78 Å². The number of ketones is 1. The first-order valence-corrected chi connectivity index (χ1v) is 9.30. The Morgan fingerprint density at radius 1 is 1.14 bits per heavy atom. The third-order valence-electron chi connectivity index (χ3n) is 8.55. The molecule has 0 radical (unpaired) electrons. The average Bonchev–Trinajstić information content (AvgIpc) is 3.12. The summed E-state index contributed by atoms with van der Waals surface area (Å²) in [6, 6.07) is 0. The predicted octanol–water partition coefficient (Wildman–Crippen LogP) is 2.95. The molecule has 0 spiro atoms. The summed E-state index contributed by atoms with van der Waals surface area (Å²) in [5.74, 6) is 2.59. The Labute approximate surface area is 132 Å². The fraction of sp³-hybridized carbons (Fsp3) is 0.947. The van der Waals surface area contributed by atoms with Crippen molar-refractivity contribution in [3.8, 4) is 0 Å². The molecular weight excluding hydrogens is 276 g/mol. The van der Waals surface area contributed by atoms with Crippen LogP contribution in [0.4, 0.5) is 0 Å². The normalized spacial score (nSPS) is 62.7. The standard InChI is InChI=1S/C19H28O3/c1-18-9-15-14(22-15)7-10(18)3-4-11-12-5-6-16(21)19(12,2)8-13(20)17(11)18/h10-15,17,20H,3-9H2,1-2H3/t10-,11-,12-,13?,14-,15+,17+,18-,19-/m0/s1. The minimum atomic E-state index is -0.295.